The number of carbonyl (C=O) groups is 1. The van der Waals surface area contributed by atoms with Crippen LogP contribution in [-0.4, -0.2) is 36.0 Å². The third kappa shape index (κ3) is 4.71. The number of carbonyl (C=O) groups excluding carboxylic acids is 1. The van der Waals surface area contributed by atoms with Gasteiger partial charge in [0.2, 0.25) is 0 Å². The van der Waals surface area contributed by atoms with Crippen LogP contribution >= 0.6 is 0 Å². The molecule has 0 aliphatic rings. The van der Waals surface area contributed by atoms with Crippen molar-refractivity contribution in [3.8, 4) is 0 Å². The van der Waals surface area contributed by atoms with Gasteiger partial charge in [0, 0.05) is 37.2 Å². The standard InChI is InChI=1S/C23H27N5O/c1-5-28(6-2)19-12-13-20(17(3)14-19)26-22-16-24-21(15-25-22)23(29)27(4)18-10-8-7-9-11-18/h7-16H,5-6H2,1-4H3,(H,25,26). The Bertz CT molecular complexity index is 953. The average molecular weight is 390 g/mol. The minimum atomic E-state index is -0.199. The second-order valence-corrected chi connectivity index (χ2v) is 6.78. The predicted octanol–water partition coefficient (Wildman–Crippen LogP) is 4.65. The summed E-state index contributed by atoms with van der Waals surface area (Å²) in [6.45, 7) is 8.31. The summed E-state index contributed by atoms with van der Waals surface area (Å²) in [7, 11) is 1.73. The lowest BCUT2D eigenvalue weighted by atomic mass is 10.1. The van der Waals surface area contributed by atoms with Gasteiger partial charge < -0.3 is 15.1 Å². The van der Waals surface area contributed by atoms with E-state index in [0.29, 0.717) is 11.5 Å². The highest BCUT2D eigenvalue weighted by Crippen LogP contribution is 2.25. The van der Waals surface area contributed by atoms with Crippen LogP contribution in [-0.2, 0) is 0 Å². The summed E-state index contributed by atoms with van der Waals surface area (Å²) in [5.74, 6) is 0.401. The van der Waals surface area contributed by atoms with Crippen molar-refractivity contribution in [1.82, 2.24) is 9.97 Å². The summed E-state index contributed by atoms with van der Waals surface area (Å²) in [4.78, 5) is 25.2. The summed E-state index contributed by atoms with van der Waals surface area (Å²) in [5, 5.41) is 3.28. The van der Waals surface area contributed by atoms with Gasteiger partial charge in [-0.15, -0.1) is 0 Å². The number of rotatable bonds is 7. The first kappa shape index (κ1) is 20.3. The van der Waals surface area contributed by atoms with E-state index in [2.05, 4.69) is 53.1 Å². The number of aromatic nitrogens is 2. The van der Waals surface area contributed by atoms with Crippen molar-refractivity contribution in [2.45, 2.75) is 20.8 Å². The SMILES string of the molecule is CCN(CC)c1ccc(Nc2cnc(C(=O)N(C)c3ccccc3)cn2)c(C)c1. The molecule has 6 nitrogen and oxygen atoms in total. The van der Waals surface area contributed by atoms with Crippen LogP contribution in [0.5, 0.6) is 0 Å². The Balaban J connectivity index is 1.71. The number of hydrogen-bond acceptors (Lipinski definition) is 5. The molecular weight excluding hydrogens is 362 g/mol. The van der Waals surface area contributed by atoms with Crippen LogP contribution in [0, 0.1) is 6.92 Å². The van der Waals surface area contributed by atoms with Gasteiger partial charge in [0.15, 0.2) is 0 Å². The molecule has 0 aliphatic carbocycles. The van der Waals surface area contributed by atoms with E-state index in [1.54, 1.807) is 18.1 Å². The smallest absolute Gasteiger partial charge is 0.278 e. The van der Waals surface area contributed by atoms with Gasteiger partial charge in [0.1, 0.15) is 11.5 Å². The second kappa shape index (κ2) is 9.19. The largest absolute Gasteiger partial charge is 0.372 e. The third-order valence-corrected chi connectivity index (χ3v) is 4.92. The molecule has 2 aromatic carbocycles. The average Bonchev–Trinajstić information content (AvgIpc) is 2.76. The molecule has 0 radical (unpaired) electrons. The molecule has 1 heterocycles. The van der Waals surface area contributed by atoms with Gasteiger partial charge in [-0.25, -0.2) is 9.97 Å². The highest BCUT2D eigenvalue weighted by molar-refractivity contribution is 6.04. The Hall–Kier alpha value is -3.41. The number of hydrogen-bond donors (Lipinski definition) is 1. The van der Waals surface area contributed by atoms with Gasteiger partial charge in [0.25, 0.3) is 5.91 Å². The van der Waals surface area contributed by atoms with Gasteiger partial charge >= 0.3 is 0 Å². The van der Waals surface area contributed by atoms with Gasteiger partial charge in [-0.2, -0.15) is 0 Å². The Labute approximate surface area is 172 Å². The number of nitrogens with one attached hydrogen (secondary N) is 1. The van der Waals surface area contributed by atoms with Crippen molar-refractivity contribution in [3.63, 3.8) is 0 Å². The van der Waals surface area contributed by atoms with Gasteiger partial charge in [-0.3, -0.25) is 4.79 Å². The zero-order chi connectivity index (χ0) is 20.8. The van der Waals surface area contributed by atoms with Crippen LogP contribution in [0.4, 0.5) is 22.9 Å². The molecule has 0 unspecified atom stereocenters. The molecule has 0 saturated heterocycles. The van der Waals surface area contributed by atoms with E-state index in [1.807, 2.05) is 36.4 Å². The number of benzene rings is 2. The molecule has 0 aliphatic heterocycles. The molecule has 0 saturated carbocycles. The van der Waals surface area contributed by atoms with E-state index < -0.39 is 0 Å². The van der Waals surface area contributed by atoms with Crippen molar-refractivity contribution in [3.05, 3.63) is 72.2 Å². The maximum Gasteiger partial charge on any atom is 0.278 e. The van der Waals surface area contributed by atoms with E-state index in [9.17, 15) is 4.79 Å². The van der Waals surface area contributed by atoms with Crippen molar-refractivity contribution in [2.24, 2.45) is 0 Å². The number of amides is 1. The molecule has 0 fully saturated rings. The number of nitrogens with zero attached hydrogens (tertiary/aromatic N) is 4. The fourth-order valence-corrected chi connectivity index (χ4v) is 3.16. The summed E-state index contributed by atoms with van der Waals surface area (Å²) in [5.41, 5.74) is 4.41. The van der Waals surface area contributed by atoms with Crippen LogP contribution < -0.4 is 15.1 Å². The Morgan fingerprint density at radius 1 is 0.966 bits per heavy atom. The van der Waals surface area contributed by atoms with Crippen molar-refractivity contribution in [1.29, 1.82) is 0 Å². The number of para-hydroxylation sites is 1. The fraction of sp³-hybridized carbons (Fsp3) is 0.261. The highest BCUT2D eigenvalue weighted by atomic mass is 16.2. The minimum absolute atomic E-state index is 0.199. The van der Waals surface area contributed by atoms with Crippen LogP contribution in [0.3, 0.4) is 0 Å². The quantitative estimate of drug-likeness (QED) is 0.637. The maximum atomic E-state index is 12.6. The molecule has 29 heavy (non-hydrogen) atoms. The van der Waals surface area contributed by atoms with Crippen LogP contribution in [0.1, 0.15) is 29.9 Å². The Morgan fingerprint density at radius 3 is 2.28 bits per heavy atom. The van der Waals surface area contributed by atoms with Crippen molar-refractivity contribution in [2.75, 3.05) is 35.3 Å². The molecule has 1 N–H and O–H groups in total. The Kier molecular flexibility index (Phi) is 6.44. The van der Waals surface area contributed by atoms with Gasteiger partial charge in [-0.05, 0) is 56.7 Å². The first-order valence-corrected chi connectivity index (χ1v) is 9.81. The fourth-order valence-electron chi connectivity index (χ4n) is 3.16. The molecule has 3 aromatic rings. The minimum Gasteiger partial charge on any atom is -0.372 e. The predicted molar refractivity (Wildman–Crippen MR) is 119 cm³/mol. The van der Waals surface area contributed by atoms with Crippen molar-refractivity contribution < 1.29 is 4.79 Å². The lowest BCUT2D eigenvalue weighted by Gasteiger charge is -2.22. The molecule has 1 aromatic heterocycles. The monoisotopic (exact) mass is 389 g/mol. The highest BCUT2D eigenvalue weighted by Gasteiger charge is 2.15. The molecule has 3 rings (SSSR count). The van der Waals surface area contributed by atoms with Crippen LogP contribution in [0.25, 0.3) is 0 Å². The van der Waals surface area contributed by atoms with E-state index in [0.717, 1.165) is 30.0 Å². The normalized spacial score (nSPS) is 10.5. The molecule has 1 amide bonds. The van der Waals surface area contributed by atoms with Gasteiger partial charge in [-0.1, -0.05) is 18.2 Å². The second-order valence-electron chi connectivity index (χ2n) is 6.78. The molecular formula is C23H27N5O. The van der Waals surface area contributed by atoms with Gasteiger partial charge in [0.05, 0.1) is 12.4 Å². The van der Waals surface area contributed by atoms with E-state index >= 15 is 0 Å². The molecule has 0 spiro atoms. The van der Waals surface area contributed by atoms with Crippen LogP contribution in [0.15, 0.2) is 60.9 Å². The van der Waals surface area contributed by atoms with E-state index in [-0.39, 0.29) is 5.91 Å². The molecule has 6 heteroatoms. The van der Waals surface area contributed by atoms with Crippen LogP contribution in [0.2, 0.25) is 0 Å². The first-order chi connectivity index (χ1) is 14.0. The first-order valence-electron chi connectivity index (χ1n) is 9.81. The topological polar surface area (TPSA) is 61.4 Å². The van der Waals surface area contributed by atoms with E-state index in [1.165, 1.54) is 11.9 Å². The lowest BCUT2D eigenvalue weighted by molar-refractivity contribution is 0.0988. The maximum absolute atomic E-state index is 12.6. The molecule has 0 bridgehead atoms. The summed E-state index contributed by atoms with van der Waals surface area (Å²) < 4.78 is 0. The Morgan fingerprint density at radius 2 is 1.69 bits per heavy atom. The number of anilines is 4. The third-order valence-electron chi connectivity index (χ3n) is 4.92. The zero-order valence-corrected chi connectivity index (χ0v) is 17.4. The summed E-state index contributed by atoms with van der Waals surface area (Å²) in [6.07, 6.45) is 3.09. The van der Waals surface area contributed by atoms with Crippen molar-refractivity contribution >= 4 is 28.8 Å². The molecule has 150 valence electrons. The summed E-state index contributed by atoms with van der Waals surface area (Å²) in [6, 6.07) is 15.8. The lowest BCUT2D eigenvalue weighted by Crippen LogP contribution is -2.27. The number of aryl methyl sites for hydroxylation is 1. The zero-order valence-electron chi connectivity index (χ0n) is 17.4. The summed E-state index contributed by atoms with van der Waals surface area (Å²) >= 11 is 0. The van der Waals surface area contributed by atoms with E-state index in [4.69, 9.17) is 0 Å². The molecule has 0 atom stereocenters.